The number of carbonyl (C=O) groups excluding carboxylic acids is 1. The van der Waals surface area contributed by atoms with E-state index >= 15 is 0 Å². The van der Waals surface area contributed by atoms with E-state index in [-0.39, 0.29) is 11.5 Å². The van der Waals surface area contributed by atoms with Crippen molar-refractivity contribution in [2.45, 2.75) is 53.2 Å². The lowest BCUT2D eigenvalue weighted by Crippen LogP contribution is -2.30. The van der Waals surface area contributed by atoms with E-state index in [1.165, 1.54) is 0 Å². The van der Waals surface area contributed by atoms with Crippen LogP contribution in [-0.2, 0) is 22.5 Å². The molecule has 0 saturated carbocycles. The quantitative estimate of drug-likeness (QED) is 0.344. The Hall–Kier alpha value is -3.61. The lowest BCUT2D eigenvalue weighted by atomic mass is 10.1. The molecule has 1 atom stereocenters. The van der Waals surface area contributed by atoms with Crippen LogP contribution in [0.4, 0.5) is 0 Å². The van der Waals surface area contributed by atoms with Crippen molar-refractivity contribution < 1.29 is 19.0 Å². The molecule has 0 unspecified atom stereocenters. The molecule has 1 heterocycles. The minimum Gasteiger partial charge on any atom is -0.492 e. The summed E-state index contributed by atoms with van der Waals surface area (Å²) in [5.74, 6) is 1.87. The van der Waals surface area contributed by atoms with Crippen LogP contribution in [0.3, 0.4) is 0 Å². The van der Waals surface area contributed by atoms with Gasteiger partial charge in [-0.15, -0.1) is 0 Å². The van der Waals surface area contributed by atoms with Crippen molar-refractivity contribution in [3.63, 3.8) is 0 Å². The summed E-state index contributed by atoms with van der Waals surface area (Å²) in [6, 6.07) is 18.4. The Morgan fingerprint density at radius 1 is 1.00 bits per heavy atom. The Kier molecular flexibility index (Phi) is 9.47. The zero-order valence-electron chi connectivity index (χ0n) is 20.9. The molecule has 3 aromatic rings. The summed E-state index contributed by atoms with van der Waals surface area (Å²) < 4.78 is 18.5. The lowest BCUT2D eigenvalue weighted by molar-refractivity contribution is -0.152. The van der Waals surface area contributed by atoms with Gasteiger partial charge in [0, 0.05) is 18.1 Å². The summed E-state index contributed by atoms with van der Waals surface area (Å²) in [5.41, 5.74) is 1.50. The second-order valence-corrected chi connectivity index (χ2v) is 8.58. The van der Waals surface area contributed by atoms with Crippen LogP contribution in [0.2, 0.25) is 0 Å². The van der Waals surface area contributed by atoms with Gasteiger partial charge < -0.3 is 14.2 Å². The highest BCUT2D eigenvalue weighted by molar-refractivity contribution is 5.75. The van der Waals surface area contributed by atoms with Gasteiger partial charge in [0.15, 0.2) is 6.10 Å². The molecule has 0 N–H and O–H groups in total. The molecule has 1 aromatic heterocycles. The molecule has 7 heteroatoms. The second kappa shape index (κ2) is 12.7. The van der Waals surface area contributed by atoms with E-state index in [1.54, 1.807) is 41.8 Å². The minimum absolute atomic E-state index is 0.0989. The van der Waals surface area contributed by atoms with Crippen molar-refractivity contribution in [1.82, 2.24) is 9.55 Å². The molecular weight excluding hydrogens is 444 g/mol. The fourth-order valence-corrected chi connectivity index (χ4v) is 3.71. The number of ether oxygens (including phenoxy) is 3. The van der Waals surface area contributed by atoms with Crippen molar-refractivity contribution in [2.24, 2.45) is 5.92 Å². The van der Waals surface area contributed by atoms with Crippen LogP contribution >= 0.6 is 0 Å². The Balaban J connectivity index is 1.61. The highest BCUT2D eigenvalue weighted by Gasteiger charge is 2.23. The molecule has 7 nitrogen and oxygen atoms in total. The highest BCUT2D eigenvalue weighted by Crippen LogP contribution is 2.21. The van der Waals surface area contributed by atoms with E-state index in [9.17, 15) is 9.59 Å². The van der Waals surface area contributed by atoms with Gasteiger partial charge in [0.2, 0.25) is 0 Å². The first-order chi connectivity index (χ1) is 16.9. The largest absolute Gasteiger partial charge is 0.492 e. The zero-order valence-corrected chi connectivity index (χ0v) is 20.9. The molecule has 2 aromatic carbocycles. The number of benzene rings is 2. The van der Waals surface area contributed by atoms with Crippen molar-refractivity contribution in [3.8, 4) is 22.8 Å². The fraction of sp³-hybridized carbons (Fsp3) is 0.393. The number of esters is 1. The third-order valence-corrected chi connectivity index (χ3v) is 5.39. The first kappa shape index (κ1) is 26.0. The van der Waals surface area contributed by atoms with E-state index in [1.807, 2.05) is 51.1 Å². The maximum Gasteiger partial charge on any atom is 0.347 e. The van der Waals surface area contributed by atoms with Gasteiger partial charge in [-0.1, -0.05) is 51.1 Å². The van der Waals surface area contributed by atoms with E-state index in [0.717, 1.165) is 11.4 Å². The Bertz CT molecular complexity index is 1140. The number of hydrogen-bond acceptors (Lipinski definition) is 6. The van der Waals surface area contributed by atoms with Crippen LogP contribution in [0.5, 0.6) is 11.5 Å². The summed E-state index contributed by atoms with van der Waals surface area (Å²) in [6.45, 7) is 8.85. The number of nitrogens with zero attached hydrogens (tertiary/aromatic N) is 2. The average Bonchev–Trinajstić information content (AvgIpc) is 2.85. The highest BCUT2D eigenvalue weighted by atomic mass is 16.6. The van der Waals surface area contributed by atoms with E-state index in [4.69, 9.17) is 14.2 Å². The van der Waals surface area contributed by atoms with Gasteiger partial charge in [0.1, 0.15) is 23.9 Å². The first-order valence-electron chi connectivity index (χ1n) is 12.1. The minimum atomic E-state index is -0.646. The standard InChI is InChI=1S/C28H34N2O5/c1-5-26-29-24(21-10-8-7-9-11-21)19-27(31)30(26)16-17-34-22-12-14-23(15-13-22)35-25(18-20(3)4)28(32)33-6-2/h7-15,19-20,25H,5-6,16-18H2,1-4H3/t25-/m1/s1. The van der Waals surface area contributed by atoms with Gasteiger partial charge in [0.05, 0.1) is 18.8 Å². The number of rotatable bonds is 12. The van der Waals surface area contributed by atoms with Crippen LogP contribution < -0.4 is 15.0 Å². The fourth-order valence-electron chi connectivity index (χ4n) is 3.71. The molecule has 0 bridgehead atoms. The van der Waals surface area contributed by atoms with E-state index in [0.29, 0.717) is 55.7 Å². The Morgan fingerprint density at radius 3 is 2.31 bits per heavy atom. The number of aromatic nitrogens is 2. The molecule has 35 heavy (non-hydrogen) atoms. The Morgan fingerprint density at radius 2 is 1.69 bits per heavy atom. The first-order valence-corrected chi connectivity index (χ1v) is 12.1. The van der Waals surface area contributed by atoms with Gasteiger partial charge in [-0.05, 0) is 43.5 Å². The van der Waals surface area contributed by atoms with Crippen molar-refractivity contribution in [3.05, 3.63) is 76.8 Å². The third-order valence-electron chi connectivity index (χ3n) is 5.39. The van der Waals surface area contributed by atoms with Gasteiger partial charge in [0.25, 0.3) is 5.56 Å². The van der Waals surface area contributed by atoms with E-state index < -0.39 is 6.10 Å². The molecule has 0 aliphatic rings. The molecule has 0 aliphatic carbocycles. The van der Waals surface area contributed by atoms with Gasteiger partial charge >= 0.3 is 5.97 Å². The molecule has 3 rings (SSSR count). The molecule has 0 fully saturated rings. The van der Waals surface area contributed by atoms with Crippen molar-refractivity contribution >= 4 is 5.97 Å². The van der Waals surface area contributed by atoms with Crippen LogP contribution in [0.15, 0.2) is 65.5 Å². The van der Waals surface area contributed by atoms with Gasteiger partial charge in [-0.25, -0.2) is 9.78 Å². The Labute approximate surface area is 206 Å². The molecule has 0 saturated heterocycles. The van der Waals surface area contributed by atoms with Crippen LogP contribution in [0.1, 0.15) is 39.9 Å². The van der Waals surface area contributed by atoms with Crippen LogP contribution in [0.25, 0.3) is 11.3 Å². The molecule has 0 spiro atoms. The number of aryl methyl sites for hydroxylation is 1. The normalized spacial score (nSPS) is 11.8. The lowest BCUT2D eigenvalue weighted by Gasteiger charge is -2.19. The molecule has 0 aliphatic heterocycles. The maximum atomic E-state index is 12.8. The second-order valence-electron chi connectivity index (χ2n) is 8.58. The van der Waals surface area contributed by atoms with Gasteiger partial charge in [-0.3, -0.25) is 9.36 Å². The molecule has 0 amide bonds. The monoisotopic (exact) mass is 478 g/mol. The number of carbonyl (C=O) groups is 1. The summed E-state index contributed by atoms with van der Waals surface area (Å²) in [5, 5.41) is 0. The molecule has 0 radical (unpaired) electrons. The molecular formula is C28H34N2O5. The SMILES string of the molecule is CCOC(=O)[C@@H](CC(C)C)Oc1ccc(OCCn2c(CC)nc(-c3ccccc3)cc2=O)cc1. The third kappa shape index (κ3) is 7.44. The van der Waals surface area contributed by atoms with Crippen molar-refractivity contribution in [2.75, 3.05) is 13.2 Å². The van der Waals surface area contributed by atoms with Crippen LogP contribution in [0, 0.1) is 5.92 Å². The predicted molar refractivity (Wildman–Crippen MR) is 136 cm³/mol. The predicted octanol–water partition coefficient (Wildman–Crippen LogP) is 4.91. The summed E-state index contributed by atoms with van der Waals surface area (Å²) in [7, 11) is 0. The average molecular weight is 479 g/mol. The summed E-state index contributed by atoms with van der Waals surface area (Å²) in [6.07, 6.45) is 0.565. The maximum absolute atomic E-state index is 12.8. The zero-order chi connectivity index (χ0) is 25.2. The van der Waals surface area contributed by atoms with Gasteiger partial charge in [-0.2, -0.15) is 0 Å². The topological polar surface area (TPSA) is 79.7 Å². The molecule has 186 valence electrons. The summed E-state index contributed by atoms with van der Waals surface area (Å²) >= 11 is 0. The van der Waals surface area contributed by atoms with E-state index in [2.05, 4.69) is 4.98 Å². The number of hydrogen-bond donors (Lipinski definition) is 0. The van der Waals surface area contributed by atoms with Crippen molar-refractivity contribution in [1.29, 1.82) is 0 Å². The smallest absolute Gasteiger partial charge is 0.347 e. The summed E-state index contributed by atoms with van der Waals surface area (Å²) in [4.78, 5) is 29.7. The van der Waals surface area contributed by atoms with Crippen LogP contribution in [-0.4, -0.2) is 34.8 Å².